The Kier molecular flexibility index (Phi) is 8.13. The number of carbonyl (C=O) groups is 2. The fourth-order valence-electron chi connectivity index (χ4n) is 6.34. The molecule has 2 saturated heterocycles. The highest BCUT2D eigenvalue weighted by atomic mass is 35.5. The largest absolute Gasteiger partial charge is 0.495 e. The van der Waals surface area contributed by atoms with E-state index in [9.17, 15) is 9.59 Å². The number of halogens is 1. The number of ether oxygens (including phenoxy) is 1. The quantitative estimate of drug-likeness (QED) is 0.325. The molecule has 2 aliphatic rings. The Morgan fingerprint density at radius 1 is 1.07 bits per heavy atom. The molecule has 42 heavy (non-hydrogen) atoms. The maximum atomic E-state index is 13.9. The van der Waals surface area contributed by atoms with Crippen molar-refractivity contribution in [1.82, 2.24) is 30.5 Å². The van der Waals surface area contributed by atoms with Crippen LogP contribution in [0.1, 0.15) is 35.4 Å². The molecule has 4 atom stereocenters. The number of rotatable bonds is 8. The van der Waals surface area contributed by atoms with E-state index in [1.165, 1.54) is 5.56 Å². The molecule has 2 fully saturated rings. The normalized spacial score (nSPS) is 22.0. The zero-order chi connectivity index (χ0) is 29.2. The third kappa shape index (κ3) is 5.84. The maximum Gasteiger partial charge on any atom is 0.243 e. The van der Waals surface area contributed by atoms with E-state index in [2.05, 4.69) is 33.1 Å². The lowest BCUT2D eigenvalue weighted by atomic mass is 9.96. The SMILES string of the molecule is COc1ccc(CC2CC(C(=O)NCc3ccc4c(c3)nnn4C)N(C(=O)C3CC(c4ccccc4)CN3)C2)cc1Cl. The van der Waals surface area contributed by atoms with Crippen molar-refractivity contribution in [3.8, 4) is 5.75 Å². The first-order valence-corrected chi connectivity index (χ1v) is 14.7. The van der Waals surface area contributed by atoms with Crippen molar-refractivity contribution in [3.05, 3.63) is 88.4 Å². The molecule has 9 nitrogen and oxygen atoms in total. The number of nitrogens with zero attached hydrogens (tertiary/aromatic N) is 4. The molecule has 2 aliphatic heterocycles. The van der Waals surface area contributed by atoms with E-state index in [0.717, 1.165) is 28.7 Å². The molecule has 2 N–H and O–H groups in total. The number of amides is 2. The third-order valence-electron chi connectivity index (χ3n) is 8.56. The van der Waals surface area contributed by atoms with Gasteiger partial charge in [-0.15, -0.1) is 5.10 Å². The summed E-state index contributed by atoms with van der Waals surface area (Å²) in [5.41, 5.74) is 4.92. The number of likely N-dealkylation sites (tertiary alicyclic amines) is 1. The van der Waals surface area contributed by atoms with Crippen LogP contribution < -0.4 is 15.4 Å². The second-order valence-corrected chi connectivity index (χ2v) is 11.7. The predicted molar refractivity (Wildman–Crippen MR) is 161 cm³/mol. The van der Waals surface area contributed by atoms with Crippen LogP contribution in [0.15, 0.2) is 66.7 Å². The number of methoxy groups -OCH3 is 1. The van der Waals surface area contributed by atoms with Crippen molar-refractivity contribution in [1.29, 1.82) is 0 Å². The summed E-state index contributed by atoms with van der Waals surface area (Å²) in [7, 11) is 3.44. The molecular formula is C32H35ClN6O3. The molecular weight excluding hydrogens is 552 g/mol. The summed E-state index contributed by atoms with van der Waals surface area (Å²) in [6.07, 6.45) is 2.01. The van der Waals surface area contributed by atoms with Crippen LogP contribution in [0.2, 0.25) is 5.02 Å². The molecule has 218 valence electrons. The number of aryl methyl sites for hydroxylation is 1. The van der Waals surface area contributed by atoms with Crippen molar-refractivity contribution in [2.75, 3.05) is 20.2 Å². The van der Waals surface area contributed by atoms with Gasteiger partial charge < -0.3 is 20.3 Å². The standard InChI is InChI=1S/C32H35ClN6O3/c1-38-28-10-8-21(14-26(28)36-37-38)17-35-31(40)29-15-22(12-20-9-11-30(42-2)25(33)13-20)19-39(29)32(41)27-16-24(18-34-27)23-6-4-3-5-7-23/h3-11,13-14,22,24,27,29,34H,12,15-19H2,1-2H3,(H,35,40). The van der Waals surface area contributed by atoms with Crippen molar-refractivity contribution >= 4 is 34.4 Å². The highest BCUT2D eigenvalue weighted by Crippen LogP contribution is 2.33. The van der Waals surface area contributed by atoms with Crippen molar-refractivity contribution < 1.29 is 14.3 Å². The second kappa shape index (κ2) is 12.1. The van der Waals surface area contributed by atoms with Crippen LogP contribution in [0.3, 0.4) is 0 Å². The predicted octanol–water partition coefficient (Wildman–Crippen LogP) is 3.85. The third-order valence-corrected chi connectivity index (χ3v) is 8.85. The van der Waals surface area contributed by atoms with E-state index in [1.807, 2.05) is 61.6 Å². The van der Waals surface area contributed by atoms with Crippen LogP contribution in [0.25, 0.3) is 11.0 Å². The lowest BCUT2D eigenvalue weighted by Gasteiger charge is -2.27. The van der Waals surface area contributed by atoms with Gasteiger partial charge in [0, 0.05) is 26.7 Å². The number of hydrogen-bond acceptors (Lipinski definition) is 6. The van der Waals surface area contributed by atoms with Crippen molar-refractivity contribution in [2.24, 2.45) is 13.0 Å². The van der Waals surface area contributed by atoms with Gasteiger partial charge in [0.05, 0.1) is 23.7 Å². The van der Waals surface area contributed by atoms with Crippen LogP contribution in [0.5, 0.6) is 5.75 Å². The Bertz CT molecular complexity index is 1590. The minimum Gasteiger partial charge on any atom is -0.495 e. The van der Waals surface area contributed by atoms with Gasteiger partial charge >= 0.3 is 0 Å². The first kappa shape index (κ1) is 28.2. The Hall–Kier alpha value is -3.95. The van der Waals surface area contributed by atoms with Gasteiger partial charge in [-0.1, -0.05) is 59.3 Å². The van der Waals surface area contributed by atoms with Gasteiger partial charge in [-0.25, -0.2) is 4.68 Å². The number of carbonyl (C=O) groups excluding carboxylic acids is 2. The Labute approximate surface area is 250 Å². The van der Waals surface area contributed by atoms with E-state index in [0.29, 0.717) is 43.1 Å². The molecule has 1 aromatic heterocycles. The molecule has 0 saturated carbocycles. The lowest BCUT2D eigenvalue weighted by Crippen LogP contribution is -2.51. The molecule has 4 unspecified atom stereocenters. The van der Waals surface area contributed by atoms with E-state index in [4.69, 9.17) is 16.3 Å². The van der Waals surface area contributed by atoms with E-state index in [-0.39, 0.29) is 29.7 Å². The van der Waals surface area contributed by atoms with Gasteiger partial charge in [0.25, 0.3) is 0 Å². The molecule has 3 heterocycles. The fraction of sp³-hybridized carbons (Fsp3) is 0.375. The number of nitrogens with one attached hydrogen (secondary N) is 2. The van der Waals surface area contributed by atoms with Crippen LogP contribution >= 0.6 is 11.6 Å². The summed E-state index contributed by atoms with van der Waals surface area (Å²) in [6, 6.07) is 21.0. The van der Waals surface area contributed by atoms with Gasteiger partial charge in [0.2, 0.25) is 11.8 Å². The molecule has 6 rings (SSSR count). The zero-order valence-electron chi connectivity index (χ0n) is 23.8. The molecule has 0 aliphatic carbocycles. The monoisotopic (exact) mass is 586 g/mol. The molecule has 0 radical (unpaired) electrons. The number of hydrogen-bond donors (Lipinski definition) is 2. The minimum absolute atomic E-state index is 0.00942. The minimum atomic E-state index is -0.547. The van der Waals surface area contributed by atoms with Crippen molar-refractivity contribution in [3.63, 3.8) is 0 Å². The van der Waals surface area contributed by atoms with E-state index in [1.54, 1.807) is 16.7 Å². The maximum absolute atomic E-state index is 13.9. The van der Waals surface area contributed by atoms with E-state index >= 15 is 0 Å². The molecule has 0 spiro atoms. The second-order valence-electron chi connectivity index (χ2n) is 11.3. The number of benzene rings is 3. The summed E-state index contributed by atoms with van der Waals surface area (Å²) in [6.45, 7) is 1.60. The van der Waals surface area contributed by atoms with Crippen LogP contribution in [0.4, 0.5) is 0 Å². The number of fused-ring (bicyclic) bond motifs is 1. The summed E-state index contributed by atoms with van der Waals surface area (Å²) in [5, 5.41) is 15.3. The molecule has 10 heteroatoms. The van der Waals surface area contributed by atoms with Gasteiger partial charge in [0.15, 0.2) is 0 Å². The highest BCUT2D eigenvalue weighted by Gasteiger charge is 2.43. The summed E-state index contributed by atoms with van der Waals surface area (Å²) < 4.78 is 7.02. The highest BCUT2D eigenvalue weighted by molar-refractivity contribution is 6.32. The molecule has 4 aromatic rings. The Morgan fingerprint density at radius 3 is 2.67 bits per heavy atom. The topological polar surface area (TPSA) is 101 Å². The first-order valence-electron chi connectivity index (χ1n) is 14.4. The average molecular weight is 587 g/mol. The Morgan fingerprint density at radius 2 is 1.88 bits per heavy atom. The first-order chi connectivity index (χ1) is 20.4. The summed E-state index contributed by atoms with van der Waals surface area (Å²) in [4.78, 5) is 29.4. The molecule has 3 aromatic carbocycles. The number of aromatic nitrogens is 3. The van der Waals surface area contributed by atoms with Crippen LogP contribution in [-0.2, 0) is 29.6 Å². The van der Waals surface area contributed by atoms with Crippen LogP contribution in [-0.4, -0.2) is 64.0 Å². The molecule has 0 bridgehead atoms. The average Bonchev–Trinajstić information content (AvgIpc) is 3.75. The zero-order valence-corrected chi connectivity index (χ0v) is 24.6. The lowest BCUT2D eigenvalue weighted by molar-refractivity contribution is -0.139. The Balaban J connectivity index is 1.17. The fourth-order valence-corrected chi connectivity index (χ4v) is 6.62. The van der Waals surface area contributed by atoms with Gasteiger partial charge in [-0.3, -0.25) is 9.59 Å². The van der Waals surface area contributed by atoms with Crippen molar-refractivity contribution in [2.45, 2.75) is 43.8 Å². The van der Waals surface area contributed by atoms with Gasteiger partial charge in [-0.2, -0.15) is 0 Å². The van der Waals surface area contributed by atoms with Gasteiger partial charge in [0.1, 0.15) is 17.3 Å². The molecule has 2 amide bonds. The van der Waals surface area contributed by atoms with E-state index < -0.39 is 6.04 Å². The van der Waals surface area contributed by atoms with Gasteiger partial charge in [-0.05, 0) is 72.1 Å². The smallest absolute Gasteiger partial charge is 0.243 e. The summed E-state index contributed by atoms with van der Waals surface area (Å²) in [5.74, 6) is 0.862. The summed E-state index contributed by atoms with van der Waals surface area (Å²) >= 11 is 6.39. The van der Waals surface area contributed by atoms with Crippen LogP contribution in [0, 0.1) is 5.92 Å².